The number of methoxy groups -OCH3 is 1. The van der Waals surface area contributed by atoms with Gasteiger partial charge in [0.2, 0.25) is 0 Å². The van der Waals surface area contributed by atoms with Crippen LogP contribution in [0.5, 0.6) is 11.5 Å². The standard InChI is InChI=1S/C21H18N4O5/c1-30-17-9-7-16(8-10-17)23-21(27)14-6-11-18(19(12-14)25(28)29)24-22-13-15-4-2-3-5-20(15)26/h2-13,24,26H,1H3,(H,23,27)/b22-13-. The fourth-order valence-electron chi connectivity index (χ4n) is 2.56. The Bertz CT molecular complexity index is 1100. The first-order chi connectivity index (χ1) is 14.5. The number of hydrogen-bond acceptors (Lipinski definition) is 7. The number of hydrazone groups is 1. The van der Waals surface area contributed by atoms with Crippen LogP contribution in [-0.4, -0.2) is 29.3 Å². The van der Waals surface area contributed by atoms with E-state index in [-0.39, 0.29) is 22.7 Å². The van der Waals surface area contributed by atoms with Crippen molar-refractivity contribution in [1.29, 1.82) is 0 Å². The number of nitro groups is 1. The number of rotatable bonds is 7. The largest absolute Gasteiger partial charge is 0.507 e. The molecule has 3 aromatic carbocycles. The second-order valence-electron chi connectivity index (χ2n) is 6.10. The molecule has 1 amide bonds. The van der Waals surface area contributed by atoms with Crippen molar-refractivity contribution in [3.8, 4) is 11.5 Å². The van der Waals surface area contributed by atoms with Crippen molar-refractivity contribution in [3.05, 3.63) is 88.0 Å². The zero-order valence-corrected chi connectivity index (χ0v) is 15.9. The van der Waals surface area contributed by atoms with E-state index in [1.807, 2.05) is 0 Å². The number of phenolic OH excluding ortho intramolecular Hbond substituents is 1. The summed E-state index contributed by atoms with van der Waals surface area (Å²) in [4.78, 5) is 23.3. The van der Waals surface area contributed by atoms with Crippen molar-refractivity contribution in [2.45, 2.75) is 0 Å². The van der Waals surface area contributed by atoms with Gasteiger partial charge >= 0.3 is 0 Å². The predicted octanol–water partition coefficient (Wildman–Crippen LogP) is 4.01. The molecular formula is C21H18N4O5. The molecule has 9 heteroatoms. The molecule has 0 aliphatic rings. The van der Waals surface area contributed by atoms with Gasteiger partial charge in [-0.25, -0.2) is 0 Å². The van der Waals surface area contributed by atoms with Gasteiger partial charge < -0.3 is 15.2 Å². The summed E-state index contributed by atoms with van der Waals surface area (Å²) in [5.41, 5.74) is 3.45. The Kier molecular flexibility index (Phi) is 6.23. The first-order valence-corrected chi connectivity index (χ1v) is 8.79. The Morgan fingerprint density at radius 2 is 1.87 bits per heavy atom. The molecule has 0 radical (unpaired) electrons. The highest BCUT2D eigenvalue weighted by molar-refractivity contribution is 6.05. The molecule has 0 heterocycles. The van der Waals surface area contributed by atoms with Gasteiger partial charge in [-0.05, 0) is 48.5 Å². The number of amides is 1. The molecule has 30 heavy (non-hydrogen) atoms. The minimum absolute atomic E-state index is 0.0306. The SMILES string of the molecule is COc1ccc(NC(=O)c2ccc(N/N=C\c3ccccc3O)c([N+](=O)[O-])c2)cc1. The van der Waals surface area contributed by atoms with Crippen molar-refractivity contribution in [3.63, 3.8) is 0 Å². The maximum absolute atomic E-state index is 12.4. The van der Waals surface area contributed by atoms with E-state index in [0.29, 0.717) is 17.0 Å². The van der Waals surface area contributed by atoms with Crippen LogP contribution >= 0.6 is 0 Å². The normalized spacial score (nSPS) is 10.6. The van der Waals surface area contributed by atoms with Crippen molar-refractivity contribution in [2.75, 3.05) is 17.9 Å². The highest BCUT2D eigenvalue weighted by atomic mass is 16.6. The van der Waals surface area contributed by atoms with Gasteiger partial charge in [0.15, 0.2) is 0 Å². The Morgan fingerprint density at radius 3 is 2.53 bits per heavy atom. The topological polar surface area (TPSA) is 126 Å². The fraction of sp³-hybridized carbons (Fsp3) is 0.0476. The van der Waals surface area contributed by atoms with Gasteiger partial charge in [0.05, 0.1) is 18.2 Å². The third kappa shape index (κ3) is 4.90. The number of carbonyl (C=O) groups excluding carboxylic acids is 1. The van der Waals surface area contributed by atoms with E-state index in [1.54, 1.807) is 42.5 Å². The molecule has 0 aliphatic carbocycles. The molecule has 0 fully saturated rings. The highest BCUT2D eigenvalue weighted by Gasteiger charge is 2.17. The molecule has 3 rings (SSSR count). The monoisotopic (exact) mass is 406 g/mol. The molecular weight excluding hydrogens is 388 g/mol. The number of benzene rings is 3. The molecule has 0 bridgehead atoms. The van der Waals surface area contributed by atoms with E-state index in [2.05, 4.69) is 15.8 Å². The summed E-state index contributed by atoms with van der Waals surface area (Å²) in [7, 11) is 1.54. The lowest BCUT2D eigenvalue weighted by Gasteiger charge is -2.08. The fourth-order valence-corrected chi connectivity index (χ4v) is 2.56. The summed E-state index contributed by atoms with van der Waals surface area (Å²) in [5.74, 6) is 0.180. The Hall–Kier alpha value is -4.40. The van der Waals surface area contributed by atoms with Gasteiger partial charge in [-0.2, -0.15) is 5.10 Å². The van der Waals surface area contributed by atoms with Crippen LogP contribution in [0.15, 0.2) is 71.8 Å². The van der Waals surface area contributed by atoms with Crippen molar-refractivity contribution >= 4 is 29.2 Å². The van der Waals surface area contributed by atoms with E-state index < -0.39 is 10.8 Å². The van der Waals surface area contributed by atoms with E-state index in [9.17, 15) is 20.0 Å². The maximum atomic E-state index is 12.4. The molecule has 3 N–H and O–H groups in total. The minimum atomic E-state index is -0.609. The van der Waals surface area contributed by atoms with Gasteiger partial charge in [0, 0.05) is 22.9 Å². The number of anilines is 2. The van der Waals surface area contributed by atoms with Crippen LogP contribution in [0.3, 0.4) is 0 Å². The van der Waals surface area contributed by atoms with Gasteiger partial charge in [-0.3, -0.25) is 20.3 Å². The van der Waals surface area contributed by atoms with Crippen LogP contribution in [0.25, 0.3) is 0 Å². The number of carbonyl (C=O) groups is 1. The van der Waals surface area contributed by atoms with Gasteiger partial charge in [0.25, 0.3) is 11.6 Å². The number of phenols is 1. The lowest BCUT2D eigenvalue weighted by Crippen LogP contribution is -2.12. The summed E-state index contributed by atoms with van der Waals surface area (Å²) in [6, 6.07) is 17.2. The third-order valence-corrected chi connectivity index (χ3v) is 4.13. The average molecular weight is 406 g/mol. The van der Waals surface area contributed by atoms with Gasteiger partial charge in [-0.15, -0.1) is 0 Å². The van der Waals surface area contributed by atoms with Crippen LogP contribution in [0, 0.1) is 10.1 Å². The van der Waals surface area contributed by atoms with Crippen LogP contribution in [-0.2, 0) is 0 Å². The maximum Gasteiger partial charge on any atom is 0.294 e. The first kappa shape index (κ1) is 20.3. The van der Waals surface area contributed by atoms with Crippen molar-refractivity contribution < 1.29 is 19.6 Å². The second kappa shape index (κ2) is 9.20. The summed E-state index contributed by atoms with van der Waals surface area (Å²) in [6.45, 7) is 0. The van der Waals surface area contributed by atoms with E-state index in [0.717, 1.165) is 6.07 Å². The molecule has 0 unspecified atom stereocenters. The minimum Gasteiger partial charge on any atom is -0.507 e. The smallest absolute Gasteiger partial charge is 0.294 e. The van der Waals surface area contributed by atoms with E-state index in [1.165, 1.54) is 31.5 Å². The van der Waals surface area contributed by atoms with Gasteiger partial charge in [-0.1, -0.05) is 12.1 Å². The molecule has 0 spiro atoms. The Labute approximate surface area is 171 Å². The summed E-state index contributed by atoms with van der Waals surface area (Å²) in [6.07, 6.45) is 1.34. The van der Waals surface area contributed by atoms with Crippen LogP contribution in [0.2, 0.25) is 0 Å². The van der Waals surface area contributed by atoms with Crippen LogP contribution < -0.4 is 15.5 Å². The number of hydrogen-bond donors (Lipinski definition) is 3. The molecule has 0 saturated carbocycles. The number of nitrogens with one attached hydrogen (secondary N) is 2. The van der Waals surface area contributed by atoms with E-state index in [4.69, 9.17) is 4.74 Å². The zero-order valence-electron chi connectivity index (χ0n) is 15.9. The lowest BCUT2D eigenvalue weighted by molar-refractivity contribution is -0.384. The molecule has 0 aliphatic heterocycles. The molecule has 0 aromatic heterocycles. The van der Waals surface area contributed by atoms with Gasteiger partial charge in [0.1, 0.15) is 17.2 Å². The molecule has 9 nitrogen and oxygen atoms in total. The van der Waals surface area contributed by atoms with Crippen molar-refractivity contribution in [1.82, 2.24) is 0 Å². The number of nitro benzene ring substituents is 1. The summed E-state index contributed by atoms with van der Waals surface area (Å²) >= 11 is 0. The number of aromatic hydroxyl groups is 1. The third-order valence-electron chi connectivity index (χ3n) is 4.13. The summed E-state index contributed by atoms with van der Waals surface area (Å²) in [5, 5.41) is 27.8. The molecule has 3 aromatic rings. The number of ether oxygens (including phenoxy) is 1. The lowest BCUT2D eigenvalue weighted by atomic mass is 10.1. The van der Waals surface area contributed by atoms with Crippen LogP contribution in [0.4, 0.5) is 17.1 Å². The zero-order chi connectivity index (χ0) is 21.5. The van der Waals surface area contributed by atoms with E-state index >= 15 is 0 Å². The van der Waals surface area contributed by atoms with Crippen molar-refractivity contribution in [2.24, 2.45) is 5.10 Å². The molecule has 0 atom stereocenters. The Balaban J connectivity index is 1.76. The molecule has 152 valence electrons. The molecule has 0 saturated heterocycles. The second-order valence-corrected chi connectivity index (χ2v) is 6.10. The number of para-hydroxylation sites is 1. The number of nitrogens with zero attached hydrogens (tertiary/aromatic N) is 2. The predicted molar refractivity (Wildman–Crippen MR) is 113 cm³/mol. The quantitative estimate of drug-likeness (QED) is 0.309. The Morgan fingerprint density at radius 1 is 1.13 bits per heavy atom. The van der Waals surface area contributed by atoms with Crippen LogP contribution in [0.1, 0.15) is 15.9 Å². The summed E-state index contributed by atoms with van der Waals surface area (Å²) < 4.78 is 5.06. The average Bonchev–Trinajstić information content (AvgIpc) is 2.75. The highest BCUT2D eigenvalue weighted by Crippen LogP contribution is 2.26. The first-order valence-electron chi connectivity index (χ1n) is 8.79.